The van der Waals surface area contributed by atoms with Gasteiger partial charge in [-0.25, -0.2) is 0 Å². The van der Waals surface area contributed by atoms with E-state index in [9.17, 15) is 20.2 Å². The lowest BCUT2D eigenvalue weighted by Crippen LogP contribution is -3.61. The highest BCUT2D eigenvalue weighted by Crippen LogP contribution is 2.09. The SMILES string of the molecule is O=[N+]([O-])c1ccc([I+]c2cccc([N+](=O)[O-])c2)cc1. The zero-order chi connectivity index (χ0) is 13.8. The van der Waals surface area contributed by atoms with Crippen LogP contribution in [0.5, 0.6) is 0 Å². The molecule has 0 aromatic heterocycles. The first-order chi connectivity index (χ1) is 9.06. The Kier molecular flexibility index (Phi) is 4.05. The number of non-ortho nitro benzene ring substituents is 2. The molecule has 0 aliphatic rings. The molecule has 7 heteroatoms. The van der Waals surface area contributed by atoms with Gasteiger partial charge in [0.15, 0.2) is 3.57 Å². The van der Waals surface area contributed by atoms with Crippen molar-refractivity contribution in [1.29, 1.82) is 0 Å². The van der Waals surface area contributed by atoms with E-state index in [1.54, 1.807) is 24.3 Å². The van der Waals surface area contributed by atoms with Gasteiger partial charge < -0.3 is 0 Å². The number of nitro groups is 2. The lowest BCUT2D eigenvalue weighted by molar-refractivity contribution is -0.598. The average Bonchev–Trinajstić information content (AvgIpc) is 2.39. The van der Waals surface area contributed by atoms with Crippen LogP contribution < -0.4 is 21.2 Å². The van der Waals surface area contributed by atoms with Crippen LogP contribution in [0.2, 0.25) is 0 Å². The van der Waals surface area contributed by atoms with Gasteiger partial charge in [0, 0.05) is 18.2 Å². The highest BCUT2D eigenvalue weighted by molar-refractivity contribution is 5.29. The lowest BCUT2D eigenvalue weighted by atomic mass is 10.3. The van der Waals surface area contributed by atoms with Crippen molar-refractivity contribution in [1.82, 2.24) is 0 Å². The number of hydrogen-bond acceptors (Lipinski definition) is 4. The van der Waals surface area contributed by atoms with Crippen molar-refractivity contribution >= 4 is 11.4 Å². The molecular weight excluding hydrogens is 363 g/mol. The normalized spacial score (nSPS) is 10.1. The summed E-state index contributed by atoms with van der Waals surface area (Å²) in [6.45, 7) is 0. The van der Waals surface area contributed by atoms with E-state index in [2.05, 4.69) is 0 Å². The molecule has 0 N–H and O–H groups in total. The highest BCUT2D eigenvalue weighted by atomic mass is 127. The maximum atomic E-state index is 10.7. The van der Waals surface area contributed by atoms with Gasteiger partial charge in [0.05, 0.1) is 15.9 Å². The van der Waals surface area contributed by atoms with Crippen LogP contribution in [0, 0.1) is 27.4 Å². The van der Waals surface area contributed by atoms with Crippen molar-refractivity contribution in [3.05, 3.63) is 75.9 Å². The monoisotopic (exact) mass is 371 g/mol. The standard InChI is InChI=1S/C12H8IN2O4/c16-14(17)11-6-4-9(5-7-11)13-10-2-1-3-12(8-10)15(18)19/h1-8H/q+1. The van der Waals surface area contributed by atoms with Crippen LogP contribution >= 0.6 is 0 Å². The quantitative estimate of drug-likeness (QED) is 0.417. The third kappa shape index (κ3) is 3.47. The largest absolute Gasteiger partial charge is 0.358 e. The Labute approximate surface area is 118 Å². The number of benzene rings is 2. The molecule has 0 spiro atoms. The van der Waals surface area contributed by atoms with Crippen molar-refractivity contribution in [3.63, 3.8) is 0 Å². The summed E-state index contributed by atoms with van der Waals surface area (Å²) in [5.74, 6) is 0. The summed E-state index contributed by atoms with van der Waals surface area (Å²) in [6, 6.07) is 12.8. The molecule has 0 saturated heterocycles. The summed E-state index contributed by atoms with van der Waals surface area (Å²) >= 11 is -0.573. The van der Waals surface area contributed by atoms with Crippen LogP contribution in [0.25, 0.3) is 0 Å². The van der Waals surface area contributed by atoms with Gasteiger partial charge in [-0.1, -0.05) is 6.07 Å². The van der Waals surface area contributed by atoms with Crippen molar-refractivity contribution in [2.24, 2.45) is 0 Å². The van der Waals surface area contributed by atoms with Gasteiger partial charge in [0.25, 0.3) is 11.4 Å². The fourth-order valence-corrected chi connectivity index (χ4v) is 3.70. The maximum Gasteiger partial charge on any atom is 0.358 e. The Morgan fingerprint density at radius 1 is 0.789 bits per heavy atom. The topological polar surface area (TPSA) is 86.3 Å². The first-order valence-electron chi connectivity index (χ1n) is 5.20. The van der Waals surface area contributed by atoms with Gasteiger partial charge in [0.2, 0.25) is 3.57 Å². The van der Waals surface area contributed by atoms with E-state index in [4.69, 9.17) is 0 Å². The van der Waals surface area contributed by atoms with Crippen LogP contribution in [0.4, 0.5) is 11.4 Å². The molecule has 0 amide bonds. The van der Waals surface area contributed by atoms with Crippen molar-refractivity contribution in [2.45, 2.75) is 0 Å². The number of halogens is 1. The van der Waals surface area contributed by atoms with Gasteiger partial charge >= 0.3 is 21.2 Å². The van der Waals surface area contributed by atoms with Crippen molar-refractivity contribution in [3.8, 4) is 0 Å². The fourth-order valence-electron chi connectivity index (χ4n) is 1.40. The number of nitrogens with zero attached hydrogens (tertiary/aromatic N) is 2. The third-order valence-corrected chi connectivity index (χ3v) is 4.91. The van der Waals surface area contributed by atoms with E-state index in [1.807, 2.05) is 6.07 Å². The Bertz CT molecular complexity index is 628. The minimum absolute atomic E-state index is 0.0480. The first kappa shape index (κ1) is 13.4. The summed E-state index contributed by atoms with van der Waals surface area (Å²) in [4.78, 5) is 20.3. The Balaban J connectivity index is 2.19. The Morgan fingerprint density at radius 3 is 2.00 bits per heavy atom. The Hall–Kier alpha value is -2.03. The molecule has 2 aromatic carbocycles. The molecular formula is C12H8IN2O4+. The molecule has 0 saturated carbocycles. The molecule has 0 heterocycles. The van der Waals surface area contributed by atoms with Gasteiger partial charge in [0.1, 0.15) is 0 Å². The molecule has 0 fully saturated rings. The van der Waals surface area contributed by atoms with Crippen LogP contribution in [-0.4, -0.2) is 9.85 Å². The third-order valence-electron chi connectivity index (χ3n) is 2.27. The number of rotatable bonds is 4. The van der Waals surface area contributed by atoms with Crippen molar-refractivity contribution < 1.29 is 31.1 Å². The van der Waals surface area contributed by atoms with Crippen LogP contribution in [0.1, 0.15) is 0 Å². The lowest BCUT2D eigenvalue weighted by Gasteiger charge is -1.90. The average molecular weight is 371 g/mol. The van der Waals surface area contributed by atoms with E-state index < -0.39 is 31.1 Å². The first-order valence-corrected chi connectivity index (χ1v) is 7.36. The van der Waals surface area contributed by atoms with E-state index in [1.165, 1.54) is 18.2 Å². The number of nitro benzene ring substituents is 2. The van der Waals surface area contributed by atoms with Crippen LogP contribution in [0.15, 0.2) is 48.5 Å². The van der Waals surface area contributed by atoms with E-state index in [0.717, 1.165) is 7.14 Å². The highest BCUT2D eigenvalue weighted by Gasteiger charge is 2.19. The molecule has 0 aliphatic heterocycles. The van der Waals surface area contributed by atoms with Crippen LogP contribution in [-0.2, 0) is 0 Å². The minimum Gasteiger partial charge on any atom is -0.258 e. The molecule has 2 rings (SSSR count). The molecule has 19 heavy (non-hydrogen) atoms. The molecule has 0 atom stereocenters. The Morgan fingerprint density at radius 2 is 1.42 bits per heavy atom. The smallest absolute Gasteiger partial charge is 0.258 e. The summed E-state index contributed by atoms with van der Waals surface area (Å²) in [5.41, 5.74) is 0.117. The summed E-state index contributed by atoms with van der Waals surface area (Å²) < 4.78 is 1.88. The molecule has 0 unspecified atom stereocenters. The second-order valence-corrected chi connectivity index (χ2v) is 6.60. The zero-order valence-electron chi connectivity index (χ0n) is 9.52. The van der Waals surface area contributed by atoms with Crippen molar-refractivity contribution in [2.75, 3.05) is 0 Å². The van der Waals surface area contributed by atoms with Gasteiger partial charge in [-0.15, -0.1) is 0 Å². The molecule has 0 bridgehead atoms. The molecule has 2 aromatic rings. The zero-order valence-corrected chi connectivity index (χ0v) is 11.7. The molecule has 0 aliphatic carbocycles. The van der Waals surface area contributed by atoms with E-state index >= 15 is 0 Å². The summed E-state index contributed by atoms with van der Waals surface area (Å²) in [6.07, 6.45) is 0. The molecule has 0 radical (unpaired) electrons. The second kappa shape index (κ2) is 5.74. The van der Waals surface area contributed by atoms with Gasteiger partial charge in [-0.05, 0) is 18.2 Å². The molecule has 96 valence electrons. The minimum atomic E-state index is -0.573. The predicted octanol–water partition coefficient (Wildman–Crippen LogP) is -0.369. The second-order valence-electron chi connectivity index (χ2n) is 3.56. The number of hydrogen-bond donors (Lipinski definition) is 0. The fraction of sp³-hybridized carbons (Fsp3) is 0. The van der Waals surface area contributed by atoms with Gasteiger partial charge in [-0.3, -0.25) is 20.2 Å². The van der Waals surface area contributed by atoms with Gasteiger partial charge in [-0.2, -0.15) is 0 Å². The van der Waals surface area contributed by atoms with Crippen LogP contribution in [0.3, 0.4) is 0 Å². The summed E-state index contributed by atoms with van der Waals surface area (Å²) in [5, 5.41) is 21.2. The maximum absolute atomic E-state index is 10.7. The predicted molar refractivity (Wildman–Crippen MR) is 63.6 cm³/mol. The van der Waals surface area contributed by atoms with E-state index in [0.29, 0.717) is 0 Å². The summed E-state index contributed by atoms with van der Waals surface area (Å²) in [7, 11) is 0. The molecule has 6 nitrogen and oxygen atoms in total. The van der Waals surface area contributed by atoms with E-state index in [-0.39, 0.29) is 11.4 Å².